The lowest BCUT2D eigenvalue weighted by atomic mass is 9.95. The van der Waals surface area contributed by atoms with Gasteiger partial charge in [0.15, 0.2) is 0 Å². The summed E-state index contributed by atoms with van der Waals surface area (Å²) < 4.78 is 0. The highest BCUT2D eigenvalue weighted by atomic mass is 35.5. The van der Waals surface area contributed by atoms with Crippen LogP contribution in [0.4, 0.5) is 0 Å². The second-order valence-electron chi connectivity index (χ2n) is 3.34. The molecule has 0 nitrogen and oxygen atoms in total. The van der Waals surface area contributed by atoms with Crippen molar-refractivity contribution >= 4 is 11.6 Å². The Morgan fingerprint density at radius 3 is 3.09 bits per heavy atom. The maximum Gasteiger partial charge on any atom is 0.0518 e. The molecule has 0 heterocycles. The predicted octanol–water partition coefficient (Wildman–Crippen LogP) is 3.89. The molecule has 0 saturated carbocycles. The van der Waals surface area contributed by atoms with E-state index >= 15 is 0 Å². The Bertz CT molecular complexity index is 138. The summed E-state index contributed by atoms with van der Waals surface area (Å²) in [4.78, 5) is 0. The minimum Gasteiger partial charge on any atom is -0.118 e. The molecule has 0 fully saturated rings. The second-order valence-corrected chi connectivity index (χ2v) is 3.90. The molecule has 1 rings (SSSR count). The van der Waals surface area contributed by atoms with Crippen LogP contribution in [0.25, 0.3) is 0 Å². The van der Waals surface area contributed by atoms with Crippen molar-refractivity contribution in [1.29, 1.82) is 0 Å². The van der Waals surface area contributed by atoms with Crippen LogP contribution < -0.4 is 0 Å². The minimum atomic E-state index is 0.329. The molecule has 0 aliphatic heterocycles. The van der Waals surface area contributed by atoms with Crippen molar-refractivity contribution in [2.45, 2.75) is 50.8 Å². The summed E-state index contributed by atoms with van der Waals surface area (Å²) in [5, 5.41) is 0.329. The highest BCUT2D eigenvalue weighted by Gasteiger charge is 2.09. The Kier molecular flexibility index (Phi) is 3.99. The minimum absolute atomic E-state index is 0.329. The molecule has 0 aromatic rings. The topological polar surface area (TPSA) is 0 Å². The molecule has 11 heavy (non-hydrogen) atoms. The Balaban J connectivity index is 2.31. The van der Waals surface area contributed by atoms with E-state index in [-0.39, 0.29) is 0 Å². The highest BCUT2D eigenvalue weighted by molar-refractivity contribution is 6.21. The Morgan fingerprint density at radius 2 is 2.45 bits per heavy atom. The Hall–Kier alpha value is 0.0300. The molecule has 1 unspecified atom stereocenters. The fourth-order valence-corrected chi connectivity index (χ4v) is 1.89. The molecular weight excluding hydrogens is 156 g/mol. The fourth-order valence-electron chi connectivity index (χ4n) is 1.56. The molecule has 1 aliphatic carbocycles. The summed E-state index contributed by atoms with van der Waals surface area (Å²) in [6.07, 6.45) is 9.93. The summed E-state index contributed by atoms with van der Waals surface area (Å²) in [6, 6.07) is 0. The molecule has 1 atom stereocenters. The smallest absolute Gasteiger partial charge is 0.0518 e. The normalized spacial score (nSPS) is 24.9. The zero-order chi connectivity index (χ0) is 8.10. The largest absolute Gasteiger partial charge is 0.118 e. The van der Waals surface area contributed by atoms with E-state index in [1.165, 1.54) is 38.5 Å². The fraction of sp³-hybridized carbons (Fsp3) is 0.800. The van der Waals surface area contributed by atoms with Gasteiger partial charge in [0.2, 0.25) is 0 Å². The third-order valence-electron chi connectivity index (χ3n) is 2.25. The van der Waals surface area contributed by atoms with Crippen LogP contribution in [0, 0.1) is 0 Å². The van der Waals surface area contributed by atoms with Gasteiger partial charge in [-0.15, -0.1) is 11.6 Å². The number of alkyl halides is 1. The van der Waals surface area contributed by atoms with Crippen molar-refractivity contribution in [3.05, 3.63) is 11.6 Å². The van der Waals surface area contributed by atoms with Gasteiger partial charge >= 0.3 is 0 Å². The molecule has 0 spiro atoms. The van der Waals surface area contributed by atoms with E-state index in [0.29, 0.717) is 5.38 Å². The molecule has 1 heteroatoms. The number of allylic oxidation sites excluding steroid dienone is 2. The molecule has 0 radical (unpaired) electrons. The first kappa shape index (κ1) is 9.12. The van der Waals surface area contributed by atoms with Crippen molar-refractivity contribution in [2.75, 3.05) is 0 Å². The zero-order valence-electron chi connectivity index (χ0n) is 7.28. The molecule has 0 aromatic carbocycles. The SMILES string of the molecule is CCCCC1=CC(Cl)CCC1. The molecule has 1 aliphatic rings. The summed E-state index contributed by atoms with van der Waals surface area (Å²) in [5.74, 6) is 0. The summed E-state index contributed by atoms with van der Waals surface area (Å²) in [7, 11) is 0. The third kappa shape index (κ3) is 3.29. The lowest BCUT2D eigenvalue weighted by Gasteiger charge is -2.15. The van der Waals surface area contributed by atoms with Gasteiger partial charge in [-0.25, -0.2) is 0 Å². The Labute approximate surface area is 74.6 Å². The van der Waals surface area contributed by atoms with Crippen molar-refractivity contribution in [3.8, 4) is 0 Å². The summed E-state index contributed by atoms with van der Waals surface area (Å²) in [5.41, 5.74) is 1.60. The van der Waals surface area contributed by atoms with Gasteiger partial charge in [0.05, 0.1) is 5.38 Å². The Morgan fingerprint density at radius 1 is 1.64 bits per heavy atom. The van der Waals surface area contributed by atoms with Crippen LogP contribution in [0.3, 0.4) is 0 Å². The van der Waals surface area contributed by atoms with Gasteiger partial charge in [0.1, 0.15) is 0 Å². The van der Waals surface area contributed by atoms with Gasteiger partial charge in [0, 0.05) is 0 Å². The van der Waals surface area contributed by atoms with Gasteiger partial charge in [-0.05, 0) is 32.1 Å². The number of hydrogen-bond donors (Lipinski definition) is 0. The molecule has 0 bridgehead atoms. The van der Waals surface area contributed by atoms with Crippen LogP contribution >= 0.6 is 11.6 Å². The predicted molar refractivity (Wildman–Crippen MR) is 51.1 cm³/mol. The standard InChI is InChI=1S/C10H17Cl/c1-2-3-5-9-6-4-7-10(11)8-9/h8,10H,2-7H2,1H3. The molecular formula is C10H17Cl. The first-order valence-electron chi connectivity index (χ1n) is 4.66. The molecule has 0 aromatic heterocycles. The first-order valence-corrected chi connectivity index (χ1v) is 5.10. The zero-order valence-corrected chi connectivity index (χ0v) is 8.03. The number of unbranched alkanes of at least 4 members (excludes halogenated alkanes) is 1. The maximum absolute atomic E-state index is 6.01. The third-order valence-corrected chi connectivity index (χ3v) is 2.59. The van der Waals surface area contributed by atoms with E-state index in [9.17, 15) is 0 Å². The van der Waals surface area contributed by atoms with E-state index in [0.717, 1.165) is 0 Å². The number of hydrogen-bond acceptors (Lipinski definition) is 0. The van der Waals surface area contributed by atoms with E-state index in [1.54, 1.807) is 5.57 Å². The van der Waals surface area contributed by atoms with Crippen molar-refractivity contribution in [1.82, 2.24) is 0 Å². The average Bonchev–Trinajstić information content (AvgIpc) is 2.01. The second kappa shape index (κ2) is 4.82. The summed E-state index contributed by atoms with van der Waals surface area (Å²) >= 11 is 6.01. The molecule has 0 amide bonds. The van der Waals surface area contributed by atoms with Crippen LogP contribution in [0.15, 0.2) is 11.6 Å². The van der Waals surface area contributed by atoms with E-state index in [2.05, 4.69) is 13.0 Å². The van der Waals surface area contributed by atoms with Crippen molar-refractivity contribution in [2.24, 2.45) is 0 Å². The number of rotatable bonds is 3. The van der Waals surface area contributed by atoms with Crippen LogP contribution in [0.2, 0.25) is 0 Å². The molecule has 0 N–H and O–H groups in total. The van der Waals surface area contributed by atoms with Gasteiger partial charge in [0.25, 0.3) is 0 Å². The van der Waals surface area contributed by atoms with Crippen LogP contribution in [-0.2, 0) is 0 Å². The highest BCUT2D eigenvalue weighted by Crippen LogP contribution is 2.24. The van der Waals surface area contributed by atoms with Gasteiger partial charge in [-0.3, -0.25) is 0 Å². The van der Waals surface area contributed by atoms with Crippen LogP contribution in [0.5, 0.6) is 0 Å². The van der Waals surface area contributed by atoms with Crippen molar-refractivity contribution < 1.29 is 0 Å². The quantitative estimate of drug-likeness (QED) is 0.448. The lowest BCUT2D eigenvalue weighted by Crippen LogP contribution is -2.02. The van der Waals surface area contributed by atoms with E-state index in [1.807, 2.05) is 0 Å². The monoisotopic (exact) mass is 172 g/mol. The van der Waals surface area contributed by atoms with Gasteiger partial charge in [-0.2, -0.15) is 0 Å². The summed E-state index contributed by atoms with van der Waals surface area (Å²) in [6.45, 7) is 2.24. The molecule has 64 valence electrons. The van der Waals surface area contributed by atoms with Gasteiger partial charge in [-0.1, -0.05) is 25.0 Å². The van der Waals surface area contributed by atoms with E-state index < -0.39 is 0 Å². The maximum atomic E-state index is 6.01. The van der Waals surface area contributed by atoms with Crippen LogP contribution in [-0.4, -0.2) is 5.38 Å². The van der Waals surface area contributed by atoms with Crippen molar-refractivity contribution in [3.63, 3.8) is 0 Å². The van der Waals surface area contributed by atoms with Gasteiger partial charge < -0.3 is 0 Å². The average molecular weight is 173 g/mol. The first-order chi connectivity index (χ1) is 5.33. The molecule has 0 saturated heterocycles. The number of halogens is 1. The lowest BCUT2D eigenvalue weighted by molar-refractivity contribution is 0.659. The van der Waals surface area contributed by atoms with Crippen LogP contribution in [0.1, 0.15) is 45.4 Å². The van der Waals surface area contributed by atoms with E-state index in [4.69, 9.17) is 11.6 Å².